The van der Waals surface area contributed by atoms with Gasteiger partial charge in [0.15, 0.2) is 0 Å². The molecule has 0 heterocycles. The van der Waals surface area contributed by atoms with Crippen molar-refractivity contribution in [2.75, 3.05) is 6.54 Å². The van der Waals surface area contributed by atoms with Crippen molar-refractivity contribution in [3.8, 4) is 11.8 Å². The molecule has 1 aromatic rings. The lowest BCUT2D eigenvalue weighted by Gasteiger charge is -2.16. The van der Waals surface area contributed by atoms with Crippen LogP contribution in [0.4, 0.5) is 0 Å². The summed E-state index contributed by atoms with van der Waals surface area (Å²) in [5, 5.41) is 3.59. The maximum absolute atomic E-state index is 3.59. The van der Waals surface area contributed by atoms with E-state index in [0.29, 0.717) is 6.04 Å². The summed E-state index contributed by atoms with van der Waals surface area (Å²) in [6.07, 6.45) is 3.17. The van der Waals surface area contributed by atoms with E-state index in [1.807, 2.05) is 6.92 Å². The Morgan fingerprint density at radius 2 is 1.83 bits per heavy atom. The lowest BCUT2D eigenvalue weighted by Crippen LogP contribution is -2.31. The van der Waals surface area contributed by atoms with Crippen LogP contribution in [0.2, 0.25) is 0 Å². The summed E-state index contributed by atoms with van der Waals surface area (Å²) >= 11 is 0. The number of benzene rings is 1. The summed E-state index contributed by atoms with van der Waals surface area (Å²) in [5.74, 6) is 6.19. The quantitative estimate of drug-likeness (QED) is 0.752. The van der Waals surface area contributed by atoms with Gasteiger partial charge in [0.1, 0.15) is 0 Å². The highest BCUT2D eigenvalue weighted by Crippen LogP contribution is 2.12. The molecule has 0 bridgehead atoms. The zero-order chi connectivity index (χ0) is 13.4. The molecule has 0 radical (unpaired) electrons. The van der Waals surface area contributed by atoms with Gasteiger partial charge in [-0.3, -0.25) is 0 Å². The molecule has 0 amide bonds. The highest BCUT2D eigenvalue weighted by Gasteiger charge is 2.08. The zero-order valence-corrected chi connectivity index (χ0v) is 12.1. The predicted molar refractivity (Wildman–Crippen MR) is 79.8 cm³/mol. The Bertz CT molecular complexity index is 403. The van der Waals surface area contributed by atoms with Gasteiger partial charge >= 0.3 is 0 Å². The molecular weight excluding hydrogens is 218 g/mol. The maximum atomic E-state index is 3.59. The smallest absolute Gasteiger partial charge is 0.0246 e. The molecule has 1 nitrogen and oxygen atoms in total. The minimum absolute atomic E-state index is 0.471. The molecule has 0 aromatic heterocycles. The van der Waals surface area contributed by atoms with Gasteiger partial charge in [0.2, 0.25) is 0 Å². The van der Waals surface area contributed by atoms with Crippen molar-refractivity contribution in [3.05, 3.63) is 34.9 Å². The van der Waals surface area contributed by atoms with Crippen LogP contribution in [0, 0.1) is 25.7 Å². The second-order valence-corrected chi connectivity index (χ2v) is 4.98. The molecule has 1 aromatic carbocycles. The van der Waals surface area contributed by atoms with Crippen LogP contribution in [0.25, 0.3) is 0 Å². The van der Waals surface area contributed by atoms with Crippen molar-refractivity contribution in [1.82, 2.24) is 5.32 Å². The lowest BCUT2D eigenvalue weighted by atomic mass is 9.99. The summed E-state index contributed by atoms with van der Waals surface area (Å²) in [5.41, 5.74) is 4.11. The minimum atomic E-state index is 0.471. The van der Waals surface area contributed by atoms with E-state index in [4.69, 9.17) is 0 Å². The van der Waals surface area contributed by atoms with E-state index in [2.05, 4.69) is 56.1 Å². The van der Waals surface area contributed by atoms with Gasteiger partial charge in [-0.15, -0.1) is 11.8 Å². The zero-order valence-electron chi connectivity index (χ0n) is 12.1. The molecular formula is C17H25N. The van der Waals surface area contributed by atoms with Crippen LogP contribution in [-0.4, -0.2) is 12.6 Å². The van der Waals surface area contributed by atoms with Gasteiger partial charge in [-0.1, -0.05) is 36.2 Å². The number of aryl methyl sites for hydroxylation is 2. The number of hydrogen-bond acceptors (Lipinski definition) is 1. The second kappa shape index (κ2) is 7.95. The van der Waals surface area contributed by atoms with Crippen molar-refractivity contribution in [1.29, 1.82) is 0 Å². The SMILES string of the molecule is CC#CCC(Cc1cc(C)cc(C)c1)NCCC. The van der Waals surface area contributed by atoms with E-state index in [1.165, 1.54) is 23.1 Å². The molecule has 18 heavy (non-hydrogen) atoms. The first-order chi connectivity index (χ1) is 8.65. The molecule has 1 rings (SSSR count). The summed E-state index contributed by atoms with van der Waals surface area (Å²) in [6.45, 7) is 9.51. The molecule has 1 unspecified atom stereocenters. The van der Waals surface area contributed by atoms with Crippen molar-refractivity contribution in [3.63, 3.8) is 0 Å². The predicted octanol–water partition coefficient (Wildman–Crippen LogP) is 3.63. The normalized spacial score (nSPS) is 11.8. The number of hydrogen-bond donors (Lipinski definition) is 1. The Morgan fingerprint density at radius 1 is 1.17 bits per heavy atom. The highest BCUT2D eigenvalue weighted by atomic mass is 14.9. The average Bonchev–Trinajstić information content (AvgIpc) is 2.31. The van der Waals surface area contributed by atoms with Crippen LogP contribution in [0.1, 0.15) is 43.4 Å². The Morgan fingerprint density at radius 3 is 2.39 bits per heavy atom. The van der Waals surface area contributed by atoms with Crippen molar-refractivity contribution < 1.29 is 0 Å². The fraction of sp³-hybridized carbons (Fsp3) is 0.529. The third-order valence-electron chi connectivity index (χ3n) is 2.97. The fourth-order valence-corrected chi connectivity index (χ4v) is 2.26. The van der Waals surface area contributed by atoms with Crippen LogP contribution in [0.5, 0.6) is 0 Å². The molecule has 0 fully saturated rings. The topological polar surface area (TPSA) is 12.0 Å². The largest absolute Gasteiger partial charge is 0.313 e. The maximum Gasteiger partial charge on any atom is 0.0246 e. The Balaban J connectivity index is 2.70. The van der Waals surface area contributed by atoms with Crippen LogP contribution in [0.15, 0.2) is 18.2 Å². The molecule has 1 atom stereocenters. The first-order valence-electron chi connectivity index (χ1n) is 6.85. The van der Waals surface area contributed by atoms with Gasteiger partial charge in [-0.2, -0.15) is 0 Å². The summed E-state index contributed by atoms with van der Waals surface area (Å²) in [6, 6.07) is 7.27. The summed E-state index contributed by atoms with van der Waals surface area (Å²) in [7, 11) is 0. The fourth-order valence-electron chi connectivity index (χ4n) is 2.26. The van der Waals surface area contributed by atoms with Crippen LogP contribution in [0.3, 0.4) is 0 Å². The van der Waals surface area contributed by atoms with E-state index >= 15 is 0 Å². The summed E-state index contributed by atoms with van der Waals surface area (Å²) < 4.78 is 0. The van der Waals surface area contributed by atoms with Gasteiger partial charge in [0.25, 0.3) is 0 Å². The van der Waals surface area contributed by atoms with Crippen LogP contribution >= 0.6 is 0 Å². The summed E-state index contributed by atoms with van der Waals surface area (Å²) in [4.78, 5) is 0. The third-order valence-corrected chi connectivity index (χ3v) is 2.97. The molecule has 0 aliphatic carbocycles. The van der Waals surface area contributed by atoms with Crippen molar-refractivity contribution in [2.45, 2.75) is 53.0 Å². The third kappa shape index (κ3) is 5.38. The van der Waals surface area contributed by atoms with E-state index < -0.39 is 0 Å². The standard InChI is InChI=1S/C17H25N/c1-5-7-8-17(18-9-6-2)13-16-11-14(3)10-15(4)12-16/h10-12,17-18H,6,8-9,13H2,1-4H3. The lowest BCUT2D eigenvalue weighted by molar-refractivity contribution is 0.516. The molecule has 98 valence electrons. The Hall–Kier alpha value is -1.26. The molecule has 1 heteroatoms. The van der Waals surface area contributed by atoms with Gasteiger partial charge in [-0.05, 0) is 45.7 Å². The Kier molecular flexibility index (Phi) is 6.54. The first kappa shape index (κ1) is 14.8. The van der Waals surface area contributed by atoms with E-state index in [1.54, 1.807) is 0 Å². The number of nitrogens with one attached hydrogen (secondary N) is 1. The second-order valence-electron chi connectivity index (χ2n) is 4.98. The van der Waals surface area contributed by atoms with Gasteiger partial charge in [-0.25, -0.2) is 0 Å². The van der Waals surface area contributed by atoms with Crippen molar-refractivity contribution >= 4 is 0 Å². The average molecular weight is 243 g/mol. The molecule has 0 aliphatic heterocycles. The van der Waals surface area contributed by atoms with Crippen molar-refractivity contribution in [2.24, 2.45) is 0 Å². The van der Waals surface area contributed by atoms with Crippen LogP contribution in [-0.2, 0) is 6.42 Å². The van der Waals surface area contributed by atoms with E-state index in [-0.39, 0.29) is 0 Å². The molecule has 1 N–H and O–H groups in total. The van der Waals surface area contributed by atoms with Crippen LogP contribution < -0.4 is 5.32 Å². The Labute approximate surface area is 112 Å². The van der Waals surface area contributed by atoms with Gasteiger partial charge in [0.05, 0.1) is 0 Å². The molecule has 0 saturated carbocycles. The monoisotopic (exact) mass is 243 g/mol. The van der Waals surface area contributed by atoms with E-state index in [0.717, 1.165) is 19.4 Å². The molecule has 0 aliphatic rings. The highest BCUT2D eigenvalue weighted by molar-refractivity contribution is 5.29. The van der Waals surface area contributed by atoms with Gasteiger partial charge < -0.3 is 5.32 Å². The minimum Gasteiger partial charge on any atom is -0.313 e. The van der Waals surface area contributed by atoms with E-state index in [9.17, 15) is 0 Å². The van der Waals surface area contributed by atoms with Gasteiger partial charge in [0, 0.05) is 12.5 Å². The molecule has 0 spiro atoms. The number of rotatable bonds is 6. The first-order valence-corrected chi connectivity index (χ1v) is 6.85. The molecule has 0 saturated heterocycles.